The van der Waals surface area contributed by atoms with Gasteiger partial charge in [-0.05, 0) is 66.6 Å². The summed E-state index contributed by atoms with van der Waals surface area (Å²) in [6, 6.07) is 10.4. The molecule has 2 fully saturated rings. The number of nitrogens with zero attached hydrogens (tertiary/aromatic N) is 4. The molecule has 1 N–H and O–H groups in total. The molecule has 2 aliphatic rings. The number of alkyl halides is 3. The summed E-state index contributed by atoms with van der Waals surface area (Å²) in [5.41, 5.74) is -2.33. The molecule has 3 atom stereocenters. The molecule has 37 heavy (non-hydrogen) atoms. The van der Waals surface area contributed by atoms with E-state index in [1.807, 2.05) is 4.90 Å². The second-order valence-corrected chi connectivity index (χ2v) is 10.7. The Labute approximate surface area is 213 Å². The Kier molecular flexibility index (Phi) is 6.84. The SMILES string of the molecule is O=C(C=Cc1ccc(S(=O)C(F)(F)F)cc1)N1CC[C@@H]2CN(C(=O)c3ccc4n[nH]nc4c3)C[C@@H]2CC1. The fourth-order valence-electron chi connectivity index (χ4n) is 5.00. The predicted octanol–water partition coefficient (Wildman–Crippen LogP) is 3.61. The van der Waals surface area contributed by atoms with E-state index < -0.39 is 16.3 Å². The largest absolute Gasteiger partial charge is 0.475 e. The lowest BCUT2D eigenvalue weighted by atomic mass is 9.92. The van der Waals surface area contributed by atoms with Gasteiger partial charge in [-0.25, -0.2) is 4.21 Å². The van der Waals surface area contributed by atoms with Crippen LogP contribution in [0.25, 0.3) is 17.1 Å². The number of carbonyl (C=O) groups excluding carboxylic acids is 2. The molecule has 5 rings (SSSR count). The van der Waals surface area contributed by atoms with Gasteiger partial charge in [0.1, 0.15) is 11.0 Å². The van der Waals surface area contributed by atoms with Crippen molar-refractivity contribution in [3.8, 4) is 0 Å². The van der Waals surface area contributed by atoms with E-state index in [0.29, 0.717) is 60.2 Å². The van der Waals surface area contributed by atoms with Gasteiger partial charge in [0.05, 0.1) is 0 Å². The Bertz CT molecular complexity index is 1360. The zero-order valence-corrected chi connectivity index (χ0v) is 20.5. The third-order valence-corrected chi connectivity index (χ3v) is 8.12. The second-order valence-electron chi connectivity index (χ2n) is 9.28. The van der Waals surface area contributed by atoms with E-state index in [4.69, 9.17) is 0 Å². The van der Waals surface area contributed by atoms with E-state index in [-0.39, 0.29) is 16.7 Å². The molecule has 3 aromatic rings. The predicted molar refractivity (Wildman–Crippen MR) is 131 cm³/mol. The Hall–Kier alpha value is -3.54. The average Bonchev–Trinajstić information content (AvgIpc) is 3.48. The molecule has 2 saturated heterocycles. The van der Waals surface area contributed by atoms with E-state index in [0.717, 1.165) is 25.0 Å². The summed E-state index contributed by atoms with van der Waals surface area (Å²) >= 11 is 0. The maximum atomic E-state index is 13.1. The molecule has 8 nitrogen and oxygen atoms in total. The molecule has 194 valence electrons. The molecule has 1 aromatic heterocycles. The lowest BCUT2D eigenvalue weighted by molar-refractivity contribution is -0.126. The van der Waals surface area contributed by atoms with Crippen molar-refractivity contribution in [3.05, 3.63) is 59.7 Å². The Morgan fingerprint density at radius 2 is 1.59 bits per heavy atom. The molecule has 12 heteroatoms. The lowest BCUT2D eigenvalue weighted by Gasteiger charge is -2.21. The van der Waals surface area contributed by atoms with Gasteiger partial charge in [-0.2, -0.15) is 28.6 Å². The molecule has 0 bridgehead atoms. The lowest BCUT2D eigenvalue weighted by Crippen LogP contribution is -2.33. The third-order valence-electron chi connectivity index (χ3n) is 7.00. The number of nitrogens with one attached hydrogen (secondary N) is 1. The number of fused-ring (bicyclic) bond motifs is 2. The quantitative estimate of drug-likeness (QED) is 0.519. The molecule has 0 saturated carbocycles. The molecule has 1 unspecified atom stereocenters. The van der Waals surface area contributed by atoms with Crippen molar-refractivity contribution in [1.29, 1.82) is 0 Å². The number of likely N-dealkylation sites (tertiary alicyclic amines) is 2. The number of aromatic amines is 1. The standard InChI is InChI=1S/C25H24F3N5O3S/c26-25(27,28)37(36)20-5-1-16(2-6-20)3-8-23(34)32-11-9-18-14-33(15-19(18)10-12-32)24(35)17-4-7-21-22(13-17)30-31-29-21/h1-8,13,18-19H,9-12,14-15H2,(H,29,30,31)/t18-,19+,37?. The van der Waals surface area contributed by atoms with Crippen LogP contribution in [-0.4, -0.2) is 72.9 Å². The highest BCUT2D eigenvalue weighted by atomic mass is 32.2. The fraction of sp³-hybridized carbons (Fsp3) is 0.360. The molecular weight excluding hydrogens is 507 g/mol. The molecule has 2 amide bonds. The van der Waals surface area contributed by atoms with Gasteiger partial charge in [-0.15, -0.1) is 0 Å². The van der Waals surface area contributed by atoms with E-state index in [9.17, 15) is 27.0 Å². The Morgan fingerprint density at radius 3 is 2.24 bits per heavy atom. The normalized spacial score (nSPS) is 21.3. The molecule has 0 radical (unpaired) electrons. The first-order valence-electron chi connectivity index (χ1n) is 11.8. The summed E-state index contributed by atoms with van der Waals surface area (Å²) in [7, 11) is -3.08. The van der Waals surface area contributed by atoms with Crippen molar-refractivity contribution < 1.29 is 27.0 Å². The number of aromatic nitrogens is 3. The van der Waals surface area contributed by atoms with E-state index in [1.165, 1.54) is 18.2 Å². The van der Waals surface area contributed by atoms with Gasteiger partial charge in [-0.1, -0.05) is 12.1 Å². The molecule has 2 aromatic carbocycles. The van der Waals surface area contributed by atoms with Crippen LogP contribution in [0.2, 0.25) is 0 Å². The number of hydrogen-bond donors (Lipinski definition) is 1. The zero-order chi connectivity index (χ0) is 26.2. The van der Waals surface area contributed by atoms with Crippen molar-refractivity contribution in [2.75, 3.05) is 26.2 Å². The number of hydrogen-bond acceptors (Lipinski definition) is 5. The highest BCUT2D eigenvalue weighted by Crippen LogP contribution is 2.33. The van der Waals surface area contributed by atoms with Crippen LogP contribution >= 0.6 is 0 Å². The van der Waals surface area contributed by atoms with E-state index >= 15 is 0 Å². The Morgan fingerprint density at radius 1 is 0.946 bits per heavy atom. The maximum absolute atomic E-state index is 13.1. The maximum Gasteiger partial charge on any atom is 0.475 e. The zero-order valence-electron chi connectivity index (χ0n) is 19.6. The van der Waals surface area contributed by atoms with Crippen LogP contribution in [0.15, 0.2) is 53.4 Å². The number of halogens is 3. The van der Waals surface area contributed by atoms with Gasteiger partial charge < -0.3 is 9.80 Å². The number of H-pyrrole nitrogens is 1. The first-order chi connectivity index (χ1) is 17.7. The van der Waals surface area contributed by atoms with Gasteiger partial charge in [0, 0.05) is 42.7 Å². The first kappa shape index (κ1) is 25.1. The van der Waals surface area contributed by atoms with Crippen LogP contribution < -0.4 is 0 Å². The first-order valence-corrected chi connectivity index (χ1v) is 13.0. The summed E-state index contributed by atoms with van der Waals surface area (Å²) in [5.74, 6) is 0.419. The molecule has 3 heterocycles. The van der Waals surface area contributed by atoms with Crippen molar-refractivity contribution >= 4 is 39.7 Å². The summed E-state index contributed by atoms with van der Waals surface area (Å²) < 4.78 is 49.2. The van der Waals surface area contributed by atoms with Gasteiger partial charge >= 0.3 is 5.51 Å². The molecule has 2 aliphatic heterocycles. The summed E-state index contributed by atoms with van der Waals surface area (Å²) in [6.45, 7) is 2.43. The van der Waals surface area contributed by atoms with E-state index in [1.54, 1.807) is 29.2 Å². The highest BCUT2D eigenvalue weighted by Gasteiger charge is 2.38. The fourth-order valence-corrected chi connectivity index (χ4v) is 5.65. The van der Waals surface area contributed by atoms with Crippen LogP contribution in [0.3, 0.4) is 0 Å². The van der Waals surface area contributed by atoms with Crippen molar-refractivity contribution in [1.82, 2.24) is 25.2 Å². The second kappa shape index (κ2) is 10.1. The van der Waals surface area contributed by atoms with Gasteiger partial charge in [0.15, 0.2) is 10.8 Å². The molecule has 0 spiro atoms. The monoisotopic (exact) mass is 531 g/mol. The van der Waals surface area contributed by atoms with Crippen LogP contribution in [0.4, 0.5) is 13.2 Å². The topological polar surface area (TPSA) is 99.3 Å². The summed E-state index contributed by atoms with van der Waals surface area (Å²) in [4.78, 5) is 29.1. The minimum atomic E-state index is -4.81. The van der Waals surface area contributed by atoms with Crippen LogP contribution in [0.5, 0.6) is 0 Å². The van der Waals surface area contributed by atoms with Crippen molar-refractivity contribution in [2.24, 2.45) is 11.8 Å². The van der Waals surface area contributed by atoms with Crippen LogP contribution in [-0.2, 0) is 15.6 Å². The Balaban J connectivity index is 1.15. The average molecular weight is 532 g/mol. The number of carbonyl (C=O) groups is 2. The number of rotatable bonds is 4. The smallest absolute Gasteiger partial charge is 0.339 e. The highest BCUT2D eigenvalue weighted by molar-refractivity contribution is 7.86. The van der Waals surface area contributed by atoms with Gasteiger partial charge in [0.2, 0.25) is 5.91 Å². The van der Waals surface area contributed by atoms with Crippen LogP contribution in [0, 0.1) is 11.8 Å². The van der Waals surface area contributed by atoms with Gasteiger partial charge in [-0.3, -0.25) is 9.59 Å². The number of benzene rings is 2. The van der Waals surface area contributed by atoms with E-state index in [2.05, 4.69) is 15.4 Å². The molecular formula is C25H24F3N5O3S. The molecule has 0 aliphatic carbocycles. The number of amides is 2. The summed E-state index contributed by atoms with van der Waals surface area (Å²) in [5, 5.41) is 10.6. The van der Waals surface area contributed by atoms with Crippen LogP contribution in [0.1, 0.15) is 28.8 Å². The minimum absolute atomic E-state index is 0.0288. The van der Waals surface area contributed by atoms with Crippen molar-refractivity contribution in [3.63, 3.8) is 0 Å². The van der Waals surface area contributed by atoms with Gasteiger partial charge in [0.25, 0.3) is 5.91 Å². The van der Waals surface area contributed by atoms with Crippen molar-refractivity contribution in [2.45, 2.75) is 23.2 Å². The minimum Gasteiger partial charge on any atom is -0.339 e. The summed E-state index contributed by atoms with van der Waals surface area (Å²) in [6.07, 6.45) is 4.52. The third kappa shape index (κ3) is 5.43.